The maximum atomic E-state index is 15.4. The normalized spacial score (nSPS) is 15.4. The molecule has 1 heterocycles. The Kier molecular flexibility index (Phi) is 11.0. The lowest BCUT2D eigenvalue weighted by molar-refractivity contribution is 0.0441. The van der Waals surface area contributed by atoms with Gasteiger partial charge in [0.05, 0.1) is 11.3 Å². The van der Waals surface area contributed by atoms with Crippen molar-refractivity contribution in [3.05, 3.63) is 64.6 Å². The van der Waals surface area contributed by atoms with Gasteiger partial charge in [0, 0.05) is 21.2 Å². The van der Waals surface area contributed by atoms with Gasteiger partial charge in [-0.15, -0.1) is 0 Å². The van der Waals surface area contributed by atoms with Crippen molar-refractivity contribution in [2.45, 2.75) is 103 Å². The molecule has 0 aliphatic heterocycles. The van der Waals surface area contributed by atoms with Crippen molar-refractivity contribution < 1.29 is 9.50 Å². The van der Waals surface area contributed by atoms with Crippen molar-refractivity contribution in [1.82, 2.24) is 4.98 Å². The Morgan fingerprint density at radius 2 is 1.86 bits per heavy atom. The highest BCUT2D eigenvalue weighted by molar-refractivity contribution is 14.1. The summed E-state index contributed by atoms with van der Waals surface area (Å²) in [5.41, 5.74) is 4.64. The van der Waals surface area contributed by atoms with Crippen LogP contribution in [0.15, 0.2) is 42.1 Å². The molecule has 2 atom stereocenters. The molecule has 2 nitrogen and oxygen atoms in total. The number of halogens is 2. The lowest BCUT2D eigenvalue weighted by atomic mass is 9.85. The molecule has 2 unspecified atom stereocenters. The molecule has 1 aromatic heterocycles. The van der Waals surface area contributed by atoms with Crippen molar-refractivity contribution in [3.8, 4) is 11.3 Å². The molecule has 4 heteroatoms. The van der Waals surface area contributed by atoms with Crippen LogP contribution in [0.3, 0.4) is 0 Å². The van der Waals surface area contributed by atoms with Crippen LogP contribution in [0, 0.1) is 24.1 Å². The first-order chi connectivity index (χ1) is 16.2. The summed E-state index contributed by atoms with van der Waals surface area (Å²) < 4.78 is 15.7. The van der Waals surface area contributed by atoms with Gasteiger partial charge in [-0.05, 0) is 100.0 Å². The van der Waals surface area contributed by atoms with Crippen LogP contribution in [0.4, 0.5) is 4.39 Å². The largest absolute Gasteiger partial charge is 0.385 e. The zero-order valence-corrected chi connectivity index (χ0v) is 25.2. The van der Waals surface area contributed by atoms with Gasteiger partial charge in [-0.1, -0.05) is 74.9 Å². The standard InChI is InChI=1S/C31H45FINO/c1-21(2)15-24-16-27(28(32)17-26(24)29-14-13-23(4)20-34-29)31(8,35)19-25(33)12-10-9-11-22(3)18-30(5,6)7/h11,13-14,16-17,20-21,25,35H,9-10,12,15,18-19H2,1-8H3/b22-11+. The number of hydrogen-bond acceptors (Lipinski definition) is 2. The van der Waals surface area contributed by atoms with E-state index in [1.165, 1.54) is 5.57 Å². The topological polar surface area (TPSA) is 33.1 Å². The van der Waals surface area contributed by atoms with E-state index in [1.807, 2.05) is 31.3 Å². The van der Waals surface area contributed by atoms with Gasteiger partial charge < -0.3 is 5.11 Å². The van der Waals surface area contributed by atoms with Gasteiger partial charge in [0.1, 0.15) is 5.82 Å². The summed E-state index contributed by atoms with van der Waals surface area (Å²) in [7, 11) is 0. The summed E-state index contributed by atoms with van der Waals surface area (Å²) in [4.78, 5) is 4.54. The molecule has 0 saturated heterocycles. The Labute approximate surface area is 227 Å². The monoisotopic (exact) mass is 593 g/mol. The molecule has 0 aliphatic carbocycles. The number of unbranched alkanes of at least 4 members (excludes halogenated alkanes) is 1. The second-order valence-electron chi connectivity index (χ2n) is 12.1. The van der Waals surface area contributed by atoms with Gasteiger partial charge in [0.15, 0.2) is 0 Å². The summed E-state index contributed by atoms with van der Waals surface area (Å²) in [5.74, 6) is 0.0544. The smallest absolute Gasteiger partial charge is 0.129 e. The van der Waals surface area contributed by atoms with Crippen molar-refractivity contribution in [1.29, 1.82) is 0 Å². The average molecular weight is 594 g/mol. The summed E-state index contributed by atoms with van der Waals surface area (Å²) in [6, 6.07) is 7.41. The highest BCUT2D eigenvalue weighted by Gasteiger charge is 2.30. The lowest BCUT2D eigenvalue weighted by Gasteiger charge is -2.28. The van der Waals surface area contributed by atoms with Crippen LogP contribution in [0.2, 0.25) is 0 Å². The van der Waals surface area contributed by atoms with E-state index in [2.05, 4.69) is 75.2 Å². The fraction of sp³-hybridized carbons (Fsp3) is 0.581. The van der Waals surface area contributed by atoms with E-state index in [0.29, 0.717) is 23.3 Å². The van der Waals surface area contributed by atoms with E-state index in [-0.39, 0.29) is 9.74 Å². The predicted molar refractivity (Wildman–Crippen MR) is 157 cm³/mol. The molecule has 0 amide bonds. The first-order valence-electron chi connectivity index (χ1n) is 13.0. The third kappa shape index (κ3) is 9.95. The van der Waals surface area contributed by atoms with Gasteiger partial charge in [-0.2, -0.15) is 0 Å². The quantitative estimate of drug-likeness (QED) is 0.122. The molecule has 0 aliphatic rings. The van der Waals surface area contributed by atoms with E-state index < -0.39 is 5.60 Å². The van der Waals surface area contributed by atoms with Crippen molar-refractivity contribution >= 4 is 22.6 Å². The van der Waals surface area contributed by atoms with Crippen molar-refractivity contribution in [2.75, 3.05) is 0 Å². The number of hydrogen-bond donors (Lipinski definition) is 1. The first-order valence-corrected chi connectivity index (χ1v) is 14.2. The van der Waals surface area contributed by atoms with Crippen molar-refractivity contribution in [2.24, 2.45) is 11.3 Å². The molecule has 0 radical (unpaired) electrons. The molecule has 2 aromatic rings. The summed E-state index contributed by atoms with van der Waals surface area (Å²) in [6.07, 6.45) is 9.74. The Bertz CT molecular complexity index is 986. The summed E-state index contributed by atoms with van der Waals surface area (Å²) in [6.45, 7) is 17.1. The highest BCUT2D eigenvalue weighted by atomic mass is 127. The third-order valence-electron chi connectivity index (χ3n) is 6.23. The summed E-state index contributed by atoms with van der Waals surface area (Å²) >= 11 is 2.42. The molecule has 194 valence electrons. The van der Waals surface area contributed by atoms with Gasteiger partial charge >= 0.3 is 0 Å². The van der Waals surface area contributed by atoms with Gasteiger partial charge in [-0.3, -0.25) is 4.98 Å². The molecule has 1 aromatic carbocycles. The Morgan fingerprint density at radius 1 is 1.17 bits per heavy atom. The lowest BCUT2D eigenvalue weighted by Crippen LogP contribution is -2.27. The van der Waals surface area contributed by atoms with E-state index in [1.54, 1.807) is 13.0 Å². The van der Waals surface area contributed by atoms with Crippen LogP contribution in [-0.4, -0.2) is 14.0 Å². The average Bonchev–Trinajstić information content (AvgIpc) is 2.71. The molecule has 2 rings (SSSR count). The SMILES string of the molecule is C/C(=C\CCCC(I)CC(C)(O)c1cc(CC(C)C)c(-c2ccc(C)cn2)cc1F)CC(C)(C)C. The van der Waals surface area contributed by atoms with E-state index in [9.17, 15) is 5.11 Å². The van der Waals surface area contributed by atoms with Crippen LogP contribution in [0.1, 0.15) is 97.3 Å². The molecule has 0 saturated carbocycles. The fourth-order valence-electron chi connectivity index (χ4n) is 4.74. The minimum absolute atomic E-state index is 0.269. The number of pyridine rings is 1. The van der Waals surface area contributed by atoms with E-state index in [4.69, 9.17) is 0 Å². The minimum Gasteiger partial charge on any atom is -0.385 e. The maximum Gasteiger partial charge on any atom is 0.129 e. The van der Waals surface area contributed by atoms with Gasteiger partial charge in [0.2, 0.25) is 0 Å². The maximum absolute atomic E-state index is 15.4. The third-order valence-corrected chi connectivity index (χ3v) is 7.29. The number of rotatable bonds is 11. The number of nitrogens with zero attached hydrogens (tertiary/aromatic N) is 1. The molecular weight excluding hydrogens is 548 g/mol. The zero-order valence-electron chi connectivity index (χ0n) is 23.0. The zero-order chi connectivity index (χ0) is 26.4. The molecule has 1 N–H and O–H groups in total. The highest BCUT2D eigenvalue weighted by Crippen LogP contribution is 2.36. The molecule has 0 fully saturated rings. The Hall–Kier alpha value is -1.27. The van der Waals surface area contributed by atoms with E-state index in [0.717, 1.165) is 54.5 Å². The predicted octanol–water partition coefficient (Wildman–Crippen LogP) is 9.35. The summed E-state index contributed by atoms with van der Waals surface area (Å²) in [5, 5.41) is 11.4. The molecular formula is C31H45FINO. The number of aryl methyl sites for hydroxylation is 1. The van der Waals surface area contributed by atoms with Crippen molar-refractivity contribution in [3.63, 3.8) is 0 Å². The minimum atomic E-state index is -1.22. The van der Waals surface area contributed by atoms with Gasteiger partial charge in [0.25, 0.3) is 0 Å². The number of aromatic nitrogens is 1. The van der Waals surface area contributed by atoms with Gasteiger partial charge in [-0.25, -0.2) is 4.39 Å². The fourth-order valence-corrected chi connectivity index (χ4v) is 6.04. The van der Waals surface area contributed by atoms with Crippen LogP contribution in [-0.2, 0) is 12.0 Å². The second kappa shape index (κ2) is 12.8. The molecule has 0 bridgehead atoms. The number of allylic oxidation sites excluding steroid dienone is 2. The number of benzene rings is 1. The Balaban J connectivity index is 2.16. The van der Waals surface area contributed by atoms with E-state index >= 15 is 4.39 Å². The molecule has 0 spiro atoms. The number of alkyl halides is 1. The van der Waals surface area contributed by atoms with Crippen LogP contribution in [0.25, 0.3) is 11.3 Å². The van der Waals surface area contributed by atoms with Crippen LogP contribution < -0.4 is 0 Å². The van der Waals surface area contributed by atoms with Crippen LogP contribution in [0.5, 0.6) is 0 Å². The van der Waals surface area contributed by atoms with Crippen LogP contribution >= 0.6 is 22.6 Å². The Morgan fingerprint density at radius 3 is 2.43 bits per heavy atom. The second-order valence-corrected chi connectivity index (χ2v) is 13.9. The number of aliphatic hydroxyl groups is 1. The first kappa shape index (κ1) is 30.0. The molecule has 35 heavy (non-hydrogen) atoms.